The number of carbonyl (C=O) groups is 2. The Kier molecular flexibility index (Phi) is 4.61. The Balaban J connectivity index is 2.34. The third-order valence-electron chi connectivity index (χ3n) is 2.86. The maximum Gasteiger partial charge on any atom is 0.305 e. The van der Waals surface area contributed by atoms with Crippen LogP contribution in [-0.4, -0.2) is 28.5 Å². The molecule has 1 amide bonds. The van der Waals surface area contributed by atoms with Crippen LogP contribution in [0, 0.1) is 5.82 Å². The molecule has 0 unspecified atom stereocenters. The quantitative estimate of drug-likeness (QED) is 0.916. The number of hydrogen-bond acceptors (Lipinski definition) is 3. The van der Waals surface area contributed by atoms with E-state index in [1.807, 2.05) is 0 Å². The third kappa shape index (κ3) is 3.62. The van der Waals surface area contributed by atoms with Gasteiger partial charge in [0.1, 0.15) is 5.82 Å². The van der Waals surface area contributed by atoms with Crippen molar-refractivity contribution >= 4 is 17.6 Å². The number of hydrogen-bond donors (Lipinski definition) is 1. The number of amides is 1. The second kappa shape index (κ2) is 6.60. The highest BCUT2D eigenvalue weighted by Crippen LogP contribution is 2.21. The Labute approximate surface area is 120 Å². The van der Waals surface area contributed by atoms with E-state index in [9.17, 15) is 14.0 Å². The Morgan fingerprint density at radius 3 is 2.43 bits per heavy atom. The molecule has 0 aliphatic carbocycles. The van der Waals surface area contributed by atoms with Crippen LogP contribution in [-0.2, 0) is 4.79 Å². The van der Waals surface area contributed by atoms with Gasteiger partial charge in [-0.25, -0.2) is 4.39 Å². The van der Waals surface area contributed by atoms with Gasteiger partial charge in [-0.05, 0) is 24.3 Å². The number of pyridine rings is 1. The van der Waals surface area contributed by atoms with Crippen molar-refractivity contribution in [1.29, 1.82) is 0 Å². The van der Waals surface area contributed by atoms with Gasteiger partial charge in [-0.15, -0.1) is 0 Å². The van der Waals surface area contributed by atoms with Crippen molar-refractivity contribution in [2.45, 2.75) is 6.42 Å². The number of rotatable bonds is 5. The van der Waals surface area contributed by atoms with Gasteiger partial charge in [-0.3, -0.25) is 14.6 Å². The highest BCUT2D eigenvalue weighted by Gasteiger charge is 2.21. The van der Waals surface area contributed by atoms with Crippen molar-refractivity contribution < 1.29 is 19.1 Å². The molecule has 1 N–H and O–H groups in total. The number of aliphatic carboxylic acids is 1. The van der Waals surface area contributed by atoms with Crippen LogP contribution in [0.2, 0.25) is 0 Å². The minimum atomic E-state index is -1.06. The summed E-state index contributed by atoms with van der Waals surface area (Å²) < 4.78 is 13.9. The highest BCUT2D eigenvalue weighted by atomic mass is 19.1. The van der Waals surface area contributed by atoms with Gasteiger partial charge < -0.3 is 10.0 Å². The van der Waals surface area contributed by atoms with Crippen LogP contribution in [0.4, 0.5) is 10.1 Å². The van der Waals surface area contributed by atoms with Crippen molar-refractivity contribution in [3.8, 4) is 0 Å². The fourth-order valence-electron chi connectivity index (χ4n) is 1.86. The predicted octanol–water partition coefficient (Wildman–Crippen LogP) is 2.34. The molecule has 21 heavy (non-hydrogen) atoms. The molecular formula is C15H13FN2O3. The molecule has 0 radical (unpaired) electrons. The van der Waals surface area contributed by atoms with Crippen molar-refractivity contribution in [1.82, 2.24) is 4.98 Å². The molecule has 1 heterocycles. The molecule has 1 aromatic heterocycles. The van der Waals surface area contributed by atoms with Gasteiger partial charge in [-0.1, -0.05) is 12.1 Å². The molecule has 0 aliphatic rings. The van der Waals surface area contributed by atoms with Crippen LogP contribution in [0.1, 0.15) is 16.8 Å². The molecule has 0 saturated carbocycles. The molecular weight excluding hydrogens is 275 g/mol. The lowest BCUT2D eigenvalue weighted by molar-refractivity contribution is -0.136. The van der Waals surface area contributed by atoms with E-state index >= 15 is 0 Å². The molecule has 0 saturated heterocycles. The van der Waals surface area contributed by atoms with Crippen molar-refractivity contribution in [3.63, 3.8) is 0 Å². The minimum absolute atomic E-state index is 0.0561. The zero-order chi connectivity index (χ0) is 15.2. The minimum Gasteiger partial charge on any atom is -0.481 e. The van der Waals surface area contributed by atoms with Gasteiger partial charge in [0.15, 0.2) is 0 Å². The average molecular weight is 288 g/mol. The molecule has 0 aliphatic heterocycles. The lowest BCUT2D eigenvalue weighted by atomic mass is 10.2. The second-order valence-corrected chi connectivity index (χ2v) is 4.29. The summed E-state index contributed by atoms with van der Waals surface area (Å²) in [4.78, 5) is 28.1. The van der Waals surface area contributed by atoms with E-state index in [4.69, 9.17) is 5.11 Å². The summed E-state index contributed by atoms with van der Waals surface area (Å²) in [5.41, 5.74) is 0.374. The van der Waals surface area contributed by atoms with Crippen LogP contribution in [0.25, 0.3) is 0 Å². The van der Waals surface area contributed by atoms with Gasteiger partial charge in [0.05, 0.1) is 12.1 Å². The van der Waals surface area contributed by atoms with Gasteiger partial charge in [-0.2, -0.15) is 0 Å². The first-order valence-corrected chi connectivity index (χ1v) is 6.28. The van der Waals surface area contributed by atoms with E-state index in [-0.39, 0.29) is 18.7 Å². The Bertz CT molecular complexity index is 646. The zero-order valence-corrected chi connectivity index (χ0v) is 11.1. The molecule has 0 spiro atoms. The number of aromatic nitrogens is 1. The molecule has 0 atom stereocenters. The first kappa shape index (κ1) is 14.6. The number of nitrogens with zero attached hydrogens (tertiary/aromatic N) is 2. The van der Waals surface area contributed by atoms with E-state index in [0.717, 1.165) is 4.90 Å². The monoisotopic (exact) mass is 288 g/mol. The summed E-state index contributed by atoms with van der Waals surface area (Å²) in [5.74, 6) is -2.10. The molecule has 108 valence electrons. The normalized spacial score (nSPS) is 10.1. The van der Waals surface area contributed by atoms with Gasteiger partial charge in [0.25, 0.3) is 5.91 Å². The first-order valence-electron chi connectivity index (χ1n) is 6.28. The SMILES string of the molecule is O=C(O)CCN(C(=O)c1ccncc1)c1ccccc1F. The molecule has 2 rings (SSSR count). The molecule has 2 aromatic rings. The maximum atomic E-state index is 13.9. The molecule has 0 bridgehead atoms. The summed E-state index contributed by atoms with van der Waals surface area (Å²) in [5, 5.41) is 8.79. The van der Waals surface area contributed by atoms with Crippen molar-refractivity contribution in [3.05, 3.63) is 60.2 Å². The number of benzene rings is 1. The number of carboxylic acid groups (broad SMARTS) is 1. The van der Waals surface area contributed by atoms with E-state index in [1.54, 1.807) is 6.07 Å². The highest BCUT2D eigenvalue weighted by molar-refractivity contribution is 6.06. The fourth-order valence-corrected chi connectivity index (χ4v) is 1.86. The largest absolute Gasteiger partial charge is 0.481 e. The summed E-state index contributed by atoms with van der Waals surface area (Å²) in [6.45, 7) is -0.114. The molecule has 0 fully saturated rings. The first-order chi connectivity index (χ1) is 10.1. The van der Waals surface area contributed by atoms with Crippen LogP contribution in [0.3, 0.4) is 0 Å². The Hall–Kier alpha value is -2.76. The van der Waals surface area contributed by atoms with Crippen molar-refractivity contribution in [2.75, 3.05) is 11.4 Å². The summed E-state index contributed by atoms with van der Waals surface area (Å²) in [6, 6.07) is 8.75. The maximum absolute atomic E-state index is 13.9. The van der Waals surface area contributed by atoms with Crippen LogP contribution >= 0.6 is 0 Å². The lowest BCUT2D eigenvalue weighted by Gasteiger charge is -2.22. The number of para-hydroxylation sites is 1. The number of carbonyl (C=O) groups excluding carboxylic acids is 1. The van der Waals surface area contributed by atoms with Crippen LogP contribution < -0.4 is 4.90 Å². The Morgan fingerprint density at radius 2 is 1.81 bits per heavy atom. The topological polar surface area (TPSA) is 70.5 Å². The number of anilines is 1. The smallest absolute Gasteiger partial charge is 0.305 e. The number of carboxylic acids is 1. The zero-order valence-electron chi connectivity index (χ0n) is 11.1. The van der Waals surface area contributed by atoms with Gasteiger partial charge >= 0.3 is 5.97 Å². The summed E-state index contributed by atoms with van der Waals surface area (Å²) in [6.07, 6.45) is 2.62. The predicted molar refractivity (Wildman–Crippen MR) is 74.6 cm³/mol. The molecule has 5 nitrogen and oxygen atoms in total. The van der Waals surface area contributed by atoms with E-state index in [1.165, 1.54) is 42.7 Å². The van der Waals surface area contributed by atoms with Gasteiger partial charge in [0.2, 0.25) is 0 Å². The van der Waals surface area contributed by atoms with Crippen molar-refractivity contribution in [2.24, 2.45) is 0 Å². The average Bonchev–Trinajstić information content (AvgIpc) is 2.49. The fraction of sp³-hybridized carbons (Fsp3) is 0.133. The van der Waals surface area contributed by atoms with E-state index in [0.29, 0.717) is 5.56 Å². The van der Waals surface area contributed by atoms with E-state index < -0.39 is 17.7 Å². The van der Waals surface area contributed by atoms with Crippen LogP contribution in [0.15, 0.2) is 48.8 Å². The summed E-state index contributed by atoms with van der Waals surface area (Å²) >= 11 is 0. The lowest BCUT2D eigenvalue weighted by Crippen LogP contribution is -2.33. The number of halogens is 1. The third-order valence-corrected chi connectivity index (χ3v) is 2.86. The summed E-state index contributed by atoms with van der Waals surface area (Å²) in [7, 11) is 0. The van der Waals surface area contributed by atoms with Crippen LogP contribution in [0.5, 0.6) is 0 Å². The van der Waals surface area contributed by atoms with E-state index in [2.05, 4.69) is 4.98 Å². The molecule has 6 heteroatoms. The Morgan fingerprint density at radius 1 is 1.14 bits per heavy atom. The van der Waals surface area contributed by atoms with Gasteiger partial charge in [0, 0.05) is 24.5 Å². The second-order valence-electron chi connectivity index (χ2n) is 4.29. The molecule has 1 aromatic carbocycles. The standard InChI is InChI=1S/C15H13FN2O3/c16-12-3-1-2-4-13(12)18(10-7-14(19)20)15(21)11-5-8-17-9-6-11/h1-6,8-9H,7,10H2,(H,19,20).